The van der Waals surface area contributed by atoms with Crippen LogP contribution >= 0.6 is 0 Å². The van der Waals surface area contributed by atoms with Crippen molar-refractivity contribution < 1.29 is 9.90 Å². The van der Waals surface area contributed by atoms with Crippen molar-refractivity contribution in [1.82, 2.24) is 4.90 Å². The molecule has 0 heterocycles. The largest absolute Gasteiger partial charge is 0.395 e. The van der Waals surface area contributed by atoms with Gasteiger partial charge in [0.15, 0.2) is 0 Å². The van der Waals surface area contributed by atoms with Gasteiger partial charge in [0.2, 0.25) is 5.91 Å². The van der Waals surface area contributed by atoms with Gasteiger partial charge in [0, 0.05) is 13.6 Å². The minimum atomic E-state index is -0.650. The third kappa shape index (κ3) is 3.04. The zero-order valence-electron chi connectivity index (χ0n) is 8.76. The average molecular weight is 208 g/mol. The van der Waals surface area contributed by atoms with E-state index in [1.165, 1.54) is 4.90 Å². The molecule has 1 amide bonds. The van der Waals surface area contributed by atoms with Crippen molar-refractivity contribution in [2.75, 3.05) is 20.2 Å². The van der Waals surface area contributed by atoms with Gasteiger partial charge in [-0.2, -0.15) is 0 Å². The fourth-order valence-corrected chi connectivity index (χ4v) is 1.30. The first-order valence-corrected chi connectivity index (χ1v) is 4.83. The number of hydrogen-bond acceptors (Lipinski definition) is 3. The second-order valence-electron chi connectivity index (χ2n) is 3.37. The number of aliphatic hydroxyl groups excluding tert-OH is 1. The Morgan fingerprint density at radius 3 is 2.60 bits per heavy atom. The second-order valence-corrected chi connectivity index (χ2v) is 3.37. The molecule has 1 atom stereocenters. The highest BCUT2D eigenvalue weighted by Gasteiger charge is 2.18. The van der Waals surface area contributed by atoms with Crippen LogP contribution in [0.3, 0.4) is 0 Å². The molecule has 0 fully saturated rings. The van der Waals surface area contributed by atoms with E-state index in [9.17, 15) is 4.79 Å². The number of aliphatic hydroxyl groups is 1. The fourth-order valence-electron chi connectivity index (χ4n) is 1.30. The highest BCUT2D eigenvalue weighted by atomic mass is 16.3. The van der Waals surface area contributed by atoms with Gasteiger partial charge in [-0.1, -0.05) is 30.3 Å². The van der Waals surface area contributed by atoms with E-state index in [2.05, 4.69) is 0 Å². The van der Waals surface area contributed by atoms with Crippen LogP contribution in [0.5, 0.6) is 0 Å². The van der Waals surface area contributed by atoms with Crippen LogP contribution in [0, 0.1) is 0 Å². The van der Waals surface area contributed by atoms with Crippen LogP contribution in [0.4, 0.5) is 0 Å². The van der Waals surface area contributed by atoms with Crippen molar-refractivity contribution in [2.45, 2.75) is 6.04 Å². The van der Waals surface area contributed by atoms with Crippen molar-refractivity contribution in [1.29, 1.82) is 0 Å². The molecule has 0 spiro atoms. The van der Waals surface area contributed by atoms with Gasteiger partial charge in [-0.3, -0.25) is 4.79 Å². The van der Waals surface area contributed by atoms with E-state index >= 15 is 0 Å². The molecule has 0 unspecified atom stereocenters. The predicted molar refractivity (Wildman–Crippen MR) is 58.1 cm³/mol. The van der Waals surface area contributed by atoms with Crippen molar-refractivity contribution in [2.24, 2.45) is 5.73 Å². The molecule has 0 saturated heterocycles. The summed E-state index contributed by atoms with van der Waals surface area (Å²) in [5.74, 6) is -0.185. The van der Waals surface area contributed by atoms with Crippen molar-refractivity contribution >= 4 is 5.91 Å². The average Bonchev–Trinajstić information content (AvgIpc) is 2.28. The lowest BCUT2D eigenvalue weighted by molar-refractivity contribution is -0.131. The standard InChI is InChI=1S/C11H16N2O2/c1-13(7-8-14)11(15)10(12)9-5-3-2-4-6-9/h2-6,10,14H,7-8,12H2,1H3/t10-/m0/s1. The number of nitrogens with zero attached hydrogens (tertiary/aromatic N) is 1. The van der Waals surface area contributed by atoms with Crippen LogP contribution in [-0.2, 0) is 4.79 Å². The van der Waals surface area contributed by atoms with E-state index in [1.807, 2.05) is 30.3 Å². The maximum absolute atomic E-state index is 11.7. The third-order valence-corrected chi connectivity index (χ3v) is 2.24. The molecule has 0 aromatic heterocycles. The maximum atomic E-state index is 11.7. The number of carbonyl (C=O) groups is 1. The fraction of sp³-hybridized carbons (Fsp3) is 0.364. The summed E-state index contributed by atoms with van der Waals surface area (Å²) < 4.78 is 0. The Morgan fingerprint density at radius 2 is 2.07 bits per heavy atom. The van der Waals surface area contributed by atoms with Gasteiger partial charge in [-0.25, -0.2) is 0 Å². The SMILES string of the molecule is CN(CCO)C(=O)[C@@H](N)c1ccccc1. The monoisotopic (exact) mass is 208 g/mol. The molecule has 82 valence electrons. The molecule has 0 aliphatic rings. The molecule has 0 radical (unpaired) electrons. The number of carbonyl (C=O) groups excluding carboxylic acids is 1. The molecule has 15 heavy (non-hydrogen) atoms. The quantitative estimate of drug-likeness (QED) is 0.739. The number of amides is 1. The highest BCUT2D eigenvalue weighted by Crippen LogP contribution is 2.11. The van der Waals surface area contributed by atoms with Gasteiger partial charge < -0.3 is 15.7 Å². The lowest BCUT2D eigenvalue weighted by atomic mass is 10.1. The zero-order chi connectivity index (χ0) is 11.3. The molecule has 3 N–H and O–H groups in total. The number of hydrogen-bond donors (Lipinski definition) is 2. The smallest absolute Gasteiger partial charge is 0.243 e. The number of nitrogens with two attached hydrogens (primary N) is 1. The van der Waals surface area contributed by atoms with E-state index < -0.39 is 6.04 Å². The van der Waals surface area contributed by atoms with E-state index in [-0.39, 0.29) is 12.5 Å². The van der Waals surface area contributed by atoms with E-state index in [0.29, 0.717) is 6.54 Å². The van der Waals surface area contributed by atoms with E-state index in [0.717, 1.165) is 5.56 Å². The summed E-state index contributed by atoms with van der Waals surface area (Å²) in [6.45, 7) is 0.253. The van der Waals surface area contributed by atoms with Gasteiger partial charge in [0.05, 0.1) is 6.61 Å². The molecular formula is C11H16N2O2. The summed E-state index contributed by atoms with van der Waals surface area (Å²) in [5, 5.41) is 8.70. The van der Waals surface area contributed by atoms with Crippen LogP contribution in [-0.4, -0.2) is 36.1 Å². The van der Waals surface area contributed by atoms with Crippen LogP contribution in [0.2, 0.25) is 0 Å². The van der Waals surface area contributed by atoms with Gasteiger partial charge in [-0.15, -0.1) is 0 Å². The minimum absolute atomic E-state index is 0.0518. The number of rotatable bonds is 4. The first kappa shape index (κ1) is 11.7. The van der Waals surface area contributed by atoms with Crippen molar-refractivity contribution in [3.05, 3.63) is 35.9 Å². The molecule has 0 aliphatic carbocycles. The third-order valence-electron chi connectivity index (χ3n) is 2.24. The normalized spacial score (nSPS) is 12.2. The summed E-state index contributed by atoms with van der Waals surface area (Å²) in [4.78, 5) is 13.2. The van der Waals surface area contributed by atoms with Crippen molar-refractivity contribution in [3.8, 4) is 0 Å². The molecule has 4 heteroatoms. The highest BCUT2D eigenvalue weighted by molar-refractivity contribution is 5.82. The van der Waals surface area contributed by atoms with E-state index in [1.54, 1.807) is 7.05 Å². The van der Waals surface area contributed by atoms with Crippen molar-refractivity contribution in [3.63, 3.8) is 0 Å². The van der Waals surface area contributed by atoms with Crippen LogP contribution in [0.15, 0.2) is 30.3 Å². The molecule has 4 nitrogen and oxygen atoms in total. The molecule has 1 aromatic carbocycles. The summed E-state index contributed by atoms with van der Waals surface area (Å²) >= 11 is 0. The van der Waals surface area contributed by atoms with Gasteiger partial charge >= 0.3 is 0 Å². The zero-order valence-corrected chi connectivity index (χ0v) is 8.76. The molecule has 1 aromatic rings. The van der Waals surface area contributed by atoms with Crippen LogP contribution < -0.4 is 5.73 Å². The summed E-state index contributed by atoms with van der Waals surface area (Å²) in [6.07, 6.45) is 0. The predicted octanol–water partition coefficient (Wildman–Crippen LogP) is 0.137. The second kappa shape index (κ2) is 5.48. The van der Waals surface area contributed by atoms with E-state index in [4.69, 9.17) is 10.8 Å². The summed E-state index contributed by atoms with van der Waals surface area (Å²) in [6, 6.07) is 8.54. The van der Waals surface area contributed by atoms with Crippen LogP contribution in [0.25, 0.3) is 0 Å². The Balaban J connectivity index is 2.69. The van der Waals surface area contributed by atoms with Crippen LogP contribution in [0.1, 0.15) is 11.6 Å². The Labute approximate surface area is 89.3 Å². The Hall–Kier alpha value is -1.39. The molecule has 0 bridgehead atoms. The molecule has 1 rings (SSSR count). The number of benzene rings is 1. The van der Waals surface area contributed by atoms with Gasteiger partial charge in [0.25, 0.3) is 0 Å². The lowest BCUT2D eigenvalue weighted by Crippen LogP contribution is -2.37. The molecule has 0 saturated carbocycles. The first-order valence-electron chi connectivity index (χ1n) is 4.83. The Morgan fingerprint density at radius 1 is 1.47 bits per heavy atom. The van der Waals surface area contributed by atoms with Gasteiger partial charge in [-0.05, 0) is 5.56 Å². The molecular weight excluding hydrogens is 192 g/mol. The Kier molecular flexibility index (Phi) is 4.27. The maximum Gasteiger partial charge on any atom is 0.243 e. The number of likely N-dealkylation sites (N-methyl/N-ethyl adjacent to an activating group) is 1. The Bertz CT molecular complexity index is 314. The summed E-state index contributed by atoms with van der Waals surface area (Å²) in [7, 11) is 1.63. The summed E-state index contributed by atoms with van der Waals surface area (Å²) in [5.41, 5.74) is 6.58. The topological polar surface area (TPSA) is 66.6 Å². The minimum Gasteiger partial charge on any atom is -0.395 e. The first-order chi connectivity index (χ1) is 7.16. The molecule has 0 aliphatic heterocycles. The van der Waals surface area contributed by atoms with Gasteiger partial charge in [0.1, 0.15) is 6.04 Å². The lowest BCUT2D eigenvalue weighted by Gasteiger charge is -2.20.